The van der Waals surface area contributed by atoms with Gasteiger partial charge in [0.25, 0.3) is 5.91 Å². The van der Waals surface area contributed by atoms with Gasteiger partial charge in [-0.2, -0.15) is 0 Å². The molecule has 208 valence electrons. The quantitative estimate of drug-likeness (QED) is 0.441. The van der Waals surface area contributed by atoms with Crippen molar-refractivity contribution in [1.29, 1.82) is 0 Å². The van der Waals surface area contributed by atoms with E-state index in [4.69, 9.17) is 11.6 Å². The number of carbonyl (C=O) groups excluding carboxylic acids is 3. The van der Waals surface area contributed by atoms with Crippen molar-refractivity contribution in [1.82, 2.24) is 15.1 Å². The molecular formula is C30H31ClFN5O3. The van der Waals surface area contributed by atoms with Crippen LogP contribution in [0.5, 0.6) is 0 Å². The SMILES string of the molecule is CC(NC(=O)CN1CN(c2ccccc2)C2(CCN(C(=O)Nc3ccc(F)c(Cl)c3)CC2)C1=O)c1ccccc1. The Balaban J connectivity index is 1.28. The summed E-state index contributed by atoms with van der Waals surface area (Å²) in [5, 5.41) is 5.67. The molecule has 1 unspecified atom stereocenters. The first kappa shape index (κ1) is 27.5. The molecule has 3 aromatic rings. The second-order valence-electron chi connectivity index (χ2n) is 10.2. The van der Waals surface area contributed by atoms with Gasteiger partial charge in [-0.1, -0.05) is 60.1 Å². The van der Waals surface area contributed by atoms with Gasteiger partial charge < -0.3 is 25.3 Å². The van der Waals surface area contributed by atoms with Crippen molar-refractivity contribution in [3.8, 4) is 0 Å². The Hall–Kier alpha value is -4.11. The molecule has 2 N–H and O–H groups in total. The van der Waals surface area contributed by atoms with Gasteiger partial charge in [0, 0.05) is 24.5 Å². The maximum atomic E-state index is 13.9. The highest BCUT2D eigenvalue weighted by atomic mass is 35.5. The van der Waals surface area contributed by atoms with Crippen LogP contribution in [0.1, 0.15) is 31.4 Å². The van der Waals surface area contributed by atoms with E-state index in [1.54, 1.807) is 9.80 Å². The summed E-state index contributed by atoms with van der Waals surface area (Å²) in [5.74, 6) is -0.915. The van der Waals surface area contributed by atoms with Crippen LogP contribution in [0.3, 0.4) is 0 Å². The van der Waals surface area contributed by atoms with Crippen LogP contribution < -0.4 is 15.5 Å². The number of urea groups is 1. The molecule has 0 saturated carbocycles. The number of hydrogen-bond donors (Lipinski definition) is 2. The number of anilines is 2. The molecule has 1 spiro atoms. The van der Waals surface area contributed by atoms with Crippen LogP contribution in [0, 0.1) is 5.82 Å². The fourth-order valence-electron chi connectivity index (χ4n) is 5.46. The van der Waals surface area contributed by atoms with Crippen molar-refractivity contribution in [3.05, 3.63) is 95.3 Å². The topological polar surface area (TPSA) is 85.0 Å². The van der Waals surface area contributed by atoms with Crippen molar-refractivity contribution in [3.63, 3.8) is 0 Å². The molecule has 0 aliphatic carbocycles. The summed E-state index contributed by atoms with van der Waals surface area (Å²) >= 11 is 5.85. The largest absolute Gasteiger partial charge is 0.348 e. The molecule has 0 radical (unpaired) electrons. The number of rotatable bonds is 6. The molecule has 5 rings (SSSR count). The van der Waals surface area contributed by atoms with Crippen molar-refractivity contribution >= 4 is 40.8 Å². The van der Waals surface area contributed by atoms with Gasteiger partial charge in [-0.05, 0) is 55.7 Å². The summed E-state index contributed by atoms with van der Waals surface area (Å²) in [4.78, 5) is 45.1. The number of para-hydroxylation sites is 1. The van der Waals surface area contributed by atoms with E-state index in [0.29, 0.717) is 31.6 Å². The van der Waals surface area contributed by atoms with E-state index in [9.17, 15) is 18.8 Å². The molecular weight excluding hydrogens is 533 g/mol. The van der Waals surface area contributed by atoms with Crippen LogP contribution in [-0.2, 0) is 9.59 Å². The molecule has 10 heteroatoms. The Labute approximate surface area is 237 Å². The molecule has 2 fully saturated rings. The normalized spacial score (nSPS) is 17.2. The number of halogens is 2. The molecule has 2 heterocycles. The molecule has 2 aliphatic heterocycles. The number of likely N-dealkylation sites (tertiary alicyclic amines) is 1. The maximum absolute atomic E-state index is 13.9. The minimum Gasteiger partial charge on any atom is -0.348 e. The first-order valence-electron chi connectivity index (χ1n) is 13.2. The lowest BCUT2D eigenvalue weighted by Gasteiger charge is -2.43. The molecule has 4 amide bonds. The van der Waals surface area contributed by atoms with Crippen LogP contribution in [0.2, 0.25) is 5.02 Å². The molecule has 0 bridgehead atoms. The van der Waals surface area contributed by atoms with E-state index in [1.807, 2.05) is 67.6 Å². The highest BCUT2D eigenvalue weighted by Crippen LogP contribution is 2.39. The van der Waals surface area contributed by atoms with E-state index >= 15 is 0 Å². The standard InChI is InChI=1S/C30H31ClFN5O3/c1-21(22-8-4-2-5-9-22)33-27(38)19-36-20-37(24-10-6-3-7-11-24)30(28(36)39)14-16-35(17-15-30)29(40)34-23-12-13-26(32)25(31)18-23/h2-13,18,21H,14-17,19-20H2,1H3,(H,33,38)(H,34,40). The first-order valence-corrected chi connectivity index (χ1v) is 13.6. The number of amides is 4. The molecule has 2 aliphatic rings. The summed E-state index contributed by atoms with van der Waals surface area (Å²) in [6, 6.07) is 22.8. The summed E-state index contributed by atoms with van der Waals surface area (Å²) in [6.45, 7) is 2.80. The lowest BCUT2D eigenvalue weighted by molar-refractivity contribution is -0.137. The van der Waals surface area contributed by atoms with Crippen LogP contribution in [-0.4, -0.2) is 59.5 Å². The number of nitrogens with zero attached hydrogens (tertiary/aromatic N) is 3. The van der Waals surface area contributed by atoms with Crippen molar-refractivity contribution in [2.24, 2.45) is 0 Å². The summed E-state index contributed by atoms with van der Waals surface area (Å²) < 4.78 is 13.5. The van der Waals surface area contributed by atoms with E-state index in [0.717, 1.165) is 11.3 Å². The Morgan fingerprint density at radius 2 is 1.65 bits per heavy atom. The van der Waals surface area contributed by atoms with Gasteiger partial charge in [0.15, 0.2) is 0 Å². The predicted molar refractivity (Wildman–Crippen MR) is 152 cm³/mol. The molecule has 0 aromatic heterocycles. The molecule has 1 atom stereocenters. The Bertz CT molecular complexity index is 1380. The summed E-state index contributed by atoms with van der Waals surface area (Å²) in [6.07, 6.45) is 0.799. The van der Waals surface area contributed by atoms with Gasteiger partial charge in [0.1, 0.15) is 17.9 Å². The third-order valence-electron chi connectivity index (χ3n) is 7.64. The second-order valence-corrected chi connectivity index (χ2v) is 10.6. The molecule has 8 nitrogen and oxygen atoms in total. The number of hydrogen-bond acceptors (Lipinski definition) is 4. The third kappa shape index (κ3) is 5.60. The van der Waals surface area contributed by atoms with Crippen LogP contribution in [0.25, 0.3) is 0 Å². The molecule has 2 saturated heterocycles. The van der Waals surface area contributed by atoms with Crippen LogP contribution in [0.15, 0.2) is 78.9 Å². The monoisotopic (exact) mass is 563 g/mol. The third-order valence-corrected chi connectivity index (χ3v) is 7.93. The van der Waals surface area contributed by atoms with E-state index in [-0.39, 0.29) is 42.1 Å². The van der Waals surface area contributed by atoms with E-state index in [2.05, 4.69) is 15.5 Å². The van der Waals surface area contributed by atoms with Crippen molar-refractivity contribution < 1.29 is 18.8 Å². The highest BCUT2D eigenvalue weighted by Gasteiger charge is 2.54. The van der Waals surface area contributed by atoms with Crippen LogP contribution >= 0.6 is 11.6 Å². The van der Waals surface area contributed by atoms with Crippen molar-refractivity contribution in [2.45, 2.75) is 31.3 Å². The Kier molecular flexibility index (Phi) is 7.93. The summed E-state index contributed by atoms with van der Waals surface area (Å²) in [7, 11) is 0. The highest BCUT2D eigenvalue weighted by molar-refractivity contribution is 6.31. The zero-order valence-electron chi connectivity index (χ0n) is 22.1. The van der Waals surface area contributed by atoms with E-state index < -0.39 is 11.4 Å². The van der Waals surface area contributed by atoms with Crippen molar-refractivity contribution in [2.75, 3.05) is 36.5 Å². The molecule has 40 heavy (non-hydrogen) atoms. The zero-order chi connectivity index (χ0) is 28.3. The van der Waals surface area contributed by atoms with Crippen LogP contribution in [0.4, 0.5) is 20.6 Å². The smallest absolute Gasteiger partial charge is 0.321 e. The van der Waals surface area contributed by atoms with Gasteiger partial charge in [0.05, 0.1) is 17.7 Å². The first-order chi connectivity index (χ1) is 19.3. The lowest BCUT2D eigenvalue weighted by atomic mass is 9.85. The van der Waals surface area contributed by atoms with Gasteiger partial charge in [-0.15, -0.1) is 0 Å². The van der Waals surface area contributed by atoms with Gasteiger partial charge in [-0.25, -0.2) is 9.18 Å². The summed E-state index contributed by atoms with van der Waals surface area (Å²) in [5.41, 5.74) is 1.39. The molecule has 3 aromatic carbocycles. The average Bonchev–Trinajstić information content (AvgIpc) is 3.22. The van der Waals surface area contributed by atoms with Gasteiger partial charge in [0.2, 0.25) is 5.91 Å². The van der Waals surface area contributed by atoms with Gasteiger partial charge >= 0.3 is 6.03 Å². The minimum atomic E-state index is -0.872. The fourth-order valence-corrected chi connectivity index (χ4v) is 5.64. The maximum Gasteiger partial charge on any atom is 0.321 e. The number of piperidine rings is 1. The average molecular weight is 564 g/mol. The Morgan fingerprint density at radius 3 is 2.30 bits per heavy atom. The van der Waals surface area contributed by atoms with Gasteiger partial charge in [-0.3, -0.25) is 9.59 Å². The lowest BCUT2D eigenvalue weighted by Crippen LogP contribution is -2.58. The predicted octanol–water partition coefficient (Wildman–Crippen LogP) is 5.03. The minimum absolute atomic E-state index is 0.0589. The fraction of sp³-hybridized carbons (Fsp3) is 0.300. The zero-order valence-corrected chi connectivity index (χ0v) is 22.9. The van der Waals surface area contributed by atoms with E-state index in [1.165, 1.54) is 18.2 Å². The number of carbonyl (C=O) groups is 3. The second kappa shape index (κ2) is 11.6. The number of benzene rings is 3. The number of nitrogens with one attached hydrogen (secondary N) is 2. The Morgan fingerprint density at radius 1 is 1.00 bits per heavy atom.